The van der Waals surface area contributed by atoms with E-state index in [1.54, 1.807) is 0 Å². The normalized spacial score (nSPS) is 16.4. The number of benzene rings is 3. The molecule has 0 spiro atoms. The Kier molecular flexibility index (Phi) is 7.71. The fourth-order valence-corrected chi connectivity index (χ4v) is 4.28. The van der Waals surface area contributed by atoms with Crippen LogP contribution in [0.25, 0.3) is 33.5 Å². The fourth-order valence-electron chi connectivity index (χ4n) is 4.28. The number of nitrogens with one attached hydrogen (secondary N) is 1. The molecule has 4 N–H and O–H groups in total. The summed E-state index contributed by atoms with van der Waals surface area (Å²) >= 11 is 0. The quantitative estimate of drug-likeness (QED) is 0.349. The van der Waals surface area contributed by atoms with Crippen LogP contribution in [0.15, 0.2) is 72.8 Å². The first-order valence-corrected chi connectivity index (χ1v) is 11.6. The van der Waals surface area contributed by atoms with E-state index >= 15 is 0 Å². The van der Waals surface area contributed by atoms with Crippen molar-refractivity contribution in [3.8, 4) is 22.5 Å². The van der Waals surface area contributed by atoms with Crippen molar-refractivity contribution in [2.75, 3.05) is 13.1 Å². The maximum atomic E-state index is 10.6. The number of fused-ring (bicyclic) bond motifs is 1. The highest BCUT2D eigenvalue weighted by Crippen LogP contribution is 2.27. The summed E-state index contributed by atoms with van der Waals surface area (Å²) in [5, 5.41) is 7.12. The minimum Gasteiger partial charge on any atom is -0.475 e. The third-order valence-electron chi connectivity index (χ3n) is 5.98. The number of carbonyl (C=O) groups is 1. The summed E-state index contributed by atoms with van der Waals surface area (Å²) in [6.45, 7) is 3.09. The number of para-hydroxylation sites is 2. The Bertz CT molecular complexity index is 1300. The van der Waals surface area contributed by atoms with Crippen molar-refractivity contribution in [2.24, 2.45) is 5.73 Å². The van der Waals surface area contributed by atoms with Gasteiger partial charge in [0.25, 0.3) is 0 Å². The molecule has 5 rings (SSSR count). The van der Waals surface area contributed by atoms with Gasteiger partial charge in [-0.25, -0.2) is 9.78 Å². The summed E-state index contributed by atoms with van der Waals surface area (Å²) in [7, 11) is 0. The minimum atomic E-state index is -5.08. The predicted octanol–water partition coefficient (Wildman–Crippen LogP) is 5.45. The Morgan fingerprint density at radius 2 is 1.69 bits per heavy atom. The first-order valence-electron chi connectivity index (χ1n) is 11.6. The van der Waals surface area contributed by atoms with E-state index in [1.165, 1.54) is 23.1 Å². The van der Waals surface area contributed by atoms with E-state index in [0.717, 1.165) is 48.5 Å². The van der Waals surface area contributed by atoms with Gasteiger partial charge < -0.3 is 15.8 Å². The minimum absolute atomic E-state index is 0.312. The van der Waals surface area contributed by atoms with Crippen molar-refractivity contribution in [2.45, 2.75) is 31.6 Å². The van der Waals surface area contributed by atoms with Crippen molar-refractivity contribution < 1.29 is 23.1 Å². The summed E-state index contributed by atoms with van der Waals surface area (Å²) in [4.78, 5) is 19.5. The molecule has 3 aromatic carbocycles. The molecule has 0 saturated carbocycles. The second kappa shape index (κ2) is 10.9. The lowest BCUT2D eigenvalue weighted by Gasteiger charge is -2.30. The number of aromatic nitrogens is 2. The highest BCUT2D eigenvalue weighted by atomic mass is 19.4. The third kappa shape index (κ3) is 6.50. The lowest BCUT2D eigenvalue weighted by atomic mass is 10.00. The van der Waals surface area contributed by atoms with E-state index < -0.39 is 12.1 Å². The number of hydrogen-bond acceptors (Lipinski definition) is 4. The van der Waals surface area contributed by atoms with Crippen LogP contribution >= 0.6 is 0 Å². The van der Waals surface area contributed by atoms with E-state index in [2.05, 4.69) is 64.5 Å². The summed E-state index contributed by atoms with van der Waals surface area (Å²) in [6, 6.07) is 25.9. The highest BCUT2D eigenvalue weighted by Gasteiger charge is 2.38. The molecule has 1 saturated heterocycles. The van der Waals surface area contributed by atoms with Crippen LogP contribution < -0.4 is 5.73 Å². The topological polar surface area (TPSA) is 95.2 Å². The molecular formula is C27H27F3N4O2. The number of nitrogens with two attached hydrogens (primary N) is 1. The number of aliphatic carboxylic acids is 1. The van der Waals surface area contributed by atoms with Crippen molar-refractivity contribution in [1.29, 1.82) is 0 Å². The van der Waals surface area contributed by atoms with Gasteiger partial charge in [0.1, 0.15) is 5.82 Å². The number of H-pyrrole nitrogens is 1. The van der Waals surface area contributed by atoms with Gasteiger partial charge in [-0.05, 0) is 60.3 Å². The number of imidazole rings is 1. The second-order valence-electron chi connectivity index (χ2n) is 8.82. The second-order valence-corrected chi connectivity index (χ2v) is 8.82. The van der Waals surface area contributed by atoms with Crippen LogP contribution in [-0.2, 0) is 11.3 Å². The van der Waals surface area contributed by atoms with E-state index in [0.29, 0.717) is 6.04 Å². The monoisotopic (exact) mass is 496 g/mol. The molecule has 0 radical (unpaired) electrons. The van der Waals surface area contributed by atoms with Crippen LogP contribution in [0.3, 0.4) is 0 Å². The van der Waals surface area contributed by atoms with Gasteiger partial charge >= 0.3 is 12.1 Å². The average Bonchev–Trinajstić information content (AvgIpc) is 3.29. The van der Waals surface area contributed by atoms with Crippen molar-refractivity contribution >= 4 is 17.0 Å². The molecule has 188 valence electrons. The molecule has 1 fully saturated rings. The molecule has 1 atom stereocenters. The number of nitrogens with zero attached hydrogens (tertiary/aromatic N) is 2. The number of carboxylic acids is 1. The van der Waals surface area contributed by atoms with Gasteiger partial charge in [-0.2, -0.15) is 13.2 Å². The van der Waals surface area contributed by atoms with E-state index in [1.807, 2.05) is 18.2 Å². The first-order chi connectivity index (χ1) is 17.2. The molecule has 6 nitrogen and oxygen atoms in total. The summed E-state index contributed by atoms with van der Waals surface area (Å²) in [5.74, 6) is -1.85. The summed E-state index contributed by atoms with van der Waals surface area (Å²) in [6.07, 6.45) is -2.74. The maximum Gasteiger partial charge on any atom is 0.490 e. The lowest BCUT2D eigenvalue weighted by Crippen LogP contribution is -2.42. The molecule has 0 amide bonds. The first kappa shape index (κ1) is 25.4. The van der Waals surface area contributed by atoms with Gasteiger partial charge in [-0.15, -0.1) is 0 Å². The van der Waals surface area contributed by atoms with Crippen molar-refractivity contribution in [3.05, 3.63) is 78.4 Å². The van der Waals surface area contributed by atoms with Gasteiger partial charge in [0, 0.05) is 24.7 Å². The highest BCUT2D eigenvalue weighted by molar-refractivity contribution is 5.80. The van der Waals surface area contributed by atoms with Gasteiger partial charge in [-0.1, -0.05) is 48.5 Å². The van der Waals surface area contributed by atoms with E-state index in [-0.39, 0.29) is 0 Å². The largest absolute Gasteiger partial charge is 0.490 e. The molecule has 1 aliphatic heterocycles. The molecule has 36 heavy (non-hydrogen) atoms. The van der Waals surface area contributed by atoms with Gasteiger partial charge in [0.15, 0.2) is 0 Å². The summed E-state index contributed by atoms with van der Waals surface area (Å²) in [5.41, 5.74) is 13.1. The number of alkyl halides is 3. The van der Waals surface area contributed by atoms with Gasteiger partial charge in [0.05, 0.1) is 11.0 Å². The number of hydrogen-bond donors (Lipinski definition) is 3. The van der Waals surface area contributed by atoms with Crippen LogP contribution in [0, 0.1) is 0 Å². The Morgan fingerprint density at radius 3 is 2.39 bits per heavy atom. The summed E-state index contributed by atoms with van der Waals surface area (Å²) < 4.78 is 31.7. The van der Waals surface area contributed by atoms with Crippen LogP contribution in [0.5, 0.6) is 0 Å². The van der Waals surface area contributed by atoms with Crippen molar-refractivity contribution in [1.82, 2.24) is 14.9 Å². The van der Waals surface area contributed by atoms with Crippen LogP contribution in [-0.4, -0.2) is 51.3 Å². The molecule has 9 heteroatoms. The number of carboxylic acid groups (broad SMARTS) is 1. The Morgan fingerprint density at radius 1 is 1.03 bits per heavy atom. The van der Waals surface area contributed by atoms with Crippen LogP contribution in [0.4, 0.5) is 13.2 Å². The molecule has 4 aromatic rings. The molecular weight excluding hydrogens is 469 g/mol. The number of aromatic amines is 1. The molecule has 0 bridgehead atoms. The zero-order valence-corrected chi connectivity index (χ0v) is 19.5. The predicted molar refractivity (Wildman–Crippen MR) is 133 cm³/mol. The van der Waals surface area contributed by atoms with E-state index in [4.69, 9.17) is 20.6 Å². The van der Waals surface area contributed by atoms with Crippen LogP contribution in [0.1, 0.15) is 18.4 Å². The number of piperidine rings is 1. The smallest absolute Gasteiger partial charge is 0.475 e. The fraction of sp³-hybridized carbons (Fsp3) is 0.259. The molecule has 1 aromatic heterocycles. The Balaban J connectivity index is 0.000000384. The van der Waals surface area contributed by atoms with E-state index in [9.17, 15) is 13.2 Å². The average molecular weight is 497 g/mol. The number of halogens is 3. The standard InChI is InChI=1S/C25H26N4.C2HF3O2/c26-22-10-5-13-29(17-22)16-18-6-3-7-19(14-18)20-8-4-9-21(15-20)25-27-23-11-1-2-12-24(23)28-25;3-2(4,5)1(6)7/h1-4,6-9,11-12,14-15,22H,5,10,13,16-17,26H2,(H,27,28);(H,6,7). The van der Waals surface area contributed by atoms with Crippen LogP contribution in [0.2, 0.25) is 0 Å². The SMILES string of the molecule is NC1CCCN(Cc2cccc(-c3cccc(-c4nc5ccccc5[nH]4)c3)c2)C1.O=C(O)C(F)(F)F. The van der Waals surface area contributed by atoms with Crippen molar-refractivity contribution in [3.63, 3.8) is 0 Å². The zero-order valence-electron chi connectivity index (χ0n) is 19.5. The number of likely N-dealkylation sites (tertiary alicyclic amines) is 1. The lowest BCUT2D eigenvalue weighted by molar-refractivity contribution is -0.192. The molecule has 2 heterocycles. The Labute approximate surface area is 206 Å². The third-order valence-corrected chi connectivity index (χ3v) is 5.98. The molecule has 0 aliphatic carbocycles. The molecule has 1 unspecified atom stereocenters. The Hall–Kier alpha value is -3.69. The van der Waals surface area contributed by atoms with Gasteiger partial charge in [0.2, 0.25) is 0 Å². The molecule has 1 aliphatic rings. The maximum absolute atomic E-state index is 10.6. The van der Waals surface area contributed by atoms with Gasteiger partial charge in [-0.3, -0.25) is 4.90 Å². The number of rotatable bonds is 4. The zero-order chi connectivity index (χ0) is 25.7.